The van der Waals surface area contributed by atoms with Crippen molar-refractivity contribution < 1.29 is 20.1 Å². The van der Waals surface area contributed by atoms with Gasteiger partial charge in [-0.3, -0.25) is 20.2 Å². The zero-order chi connectivity index (χ0) is 16.0. The highest BCUT2D eigenvalue weighted by molar-refractivity contribution is 7.98. The van der Waals surface area contributed by atoms with Crippen LogP contribution in [0.4, 0.5) is 10.7 Å². The van der Waals surface area contributed by atoms with E-state index >= 15 is 0 Å². The predicted molar refractivity (Wildman–Crippen MR) is 77.0 cm³/mol. The fraction of sp³-hybridized carbons (Fsp3) is 0.100. The second-order valence-corrected chi connectivity index (χ2v) is 5.06. The number of pyridine rings is 1. The minimum Gasteiger partial charge on any atom is -0.501 e. The van der Waals surface area contributed by atoms with Crippen molar-refractivity contribution in [2.75, 3.05) is 6.26 Å². The number of nitro groups is 2. The molecule has 0 aliphatic heterocycles. The van der Waals surface area contributed by atoms with E-state index in [1.807, 2.05) is 0 Å². The summed E-state index contributed by atoms with van der Waals surface area (Å²) in [5.74, 6) is -0.664. The Bertz CT molecular complexity index is 660. The Labute approximate surface area is 126 Å². The Hall–Kier alpha value is -2.40. The number of thioether (sulfide) groups is 1. The number of thiophene rings is 1. The lowest BCUT2D eigenvalue weighted by atomic mass is 10.4. The summed E-state index contributed by atoms with van der Waals surface area (Å²) >= 11 is 2.19. The van der Waals surface area contributed by atoms with Gasteiger partial charge in [0.1, 0.15) is 5.03 Å². The Morgan fingerprint density at radius 1 is 1.24 bits per heavy atom. The van der Waals surface area contributed by atoms with Crippen LogP contribution in [0.25, 0.3) is 0 Å². The van der Waals surface area contributed by atoms with Crippen molar-refractivity contribution in [1.82, 2.24) is 4.98 Å². The van der Waals surface area contributed by atoms with Gasteiger partial charge < -0.3 is 10.2 Å². The molecule has 2 heterocycles. The first-order valence-corrected chi connectivity index (χ1v) is 7.25. The summed E-state index contributed by atoms with van der Waals surface area (Å²) in [6.07, 6.45) is 2.83. The molecule has 112 valence electrons. The molecule has 2 rings (SSSR count). The largest absolute Gasteiger partial charge is 0.501 e. The maximum Gasteiger partial charge on any atom is 0.365 e. The van der Waals surface area contributed by atoms with E-state index in [4.69, 9.17) is 10.2 Å². The van der Waals surface area contributed by atoms with Gasteiger partial charge in [-0.15, -0.1) is 11.8 Å². The summed E-state index contributed by atoms with van der Waals surface area (Å²) in [4.78, 5) is 22.7. The number of hydrogen-bond donors (Lipinski definition) is 2. The molecule has 0 atom stereocenters. The molecule has 0 spiro atoms. The van der Waals surface area contributed by atoms with Crippen LogP contribution in [-0.4, -0.2) is 31.3 Å². The summed E-state index contributed by atoms with van der Waals surface area (Å²) in [5.41, 5.74) is -0.311. The average Bonchev–Trinajstić information content (AvgIpc) is 2.86. The molecule has 11 heteroatoms. The summed E-state index contributed by atoms with van der Waals surface area (Å²) < 4.78 is 0. The van der Waals surface area contributed by atoms with E-state index in [1.54, 1.807) is 6.26 Å². The Morgan fingerprint density at radius 3 is 2.29 bits per heavy atom. The molecule has 0 aliphatic rings. The molecule has 0 saturated carbocycles. The molecule has 0 bridgehead atoms. The molecule has 0 unspecified atom stereocenters. The smallest absolute Gasteiger partial charge is 0.365 e. The van der Waals surface area contributed by atoms with Crippen LogP contribution in [-0.2, 0) is 0 Å². The van der Waals surface area contributed by atoms with E-state index in [2.05, 4.69) is 4.98 Å². The standard InChI is InChI=1S/C6H6N2O3S.C4H3NO3S/c1-12-6-2-4(8(10)11)5(9)3-7-6;6-3-1-2-9-4(3)5(7)8/h2-3,9H,1H3;1-2,6H. The lowest BCUT2D eigenvalue weighted by Gasteiger charge is -1.96. The zero-order valence-electron chi connectivity index (χ0n) is 10.5. The quantitative estimate of drug-likeness (QED) is 0.497. The number of hydrogen-bond acceptors (Lipinski definition) is 9. The fourth-order valence-corrected chi connectivity index (χ4v) is 2.10. The van der Waals surface area contributed by atoms with E-state index in [0.29, 0.717) is 5.03 Å². The minimum absolute atomic E-state index is 0.199. The van der Waals surface area contributed by atoms with Gasteiger partial charge in [0.15, 0.2) is 0 Å². The van der Waals surface area contributed by atoms with Crippen molar-refractivity contribution in [2.45, 2.75) is 5.03 Å². The number of aromatic nitrogens is 1. The highest BCUT2D eigenvalue weighted by Gasteiger charge is 2.14. The first-order valence-electron chi connectivity index (χ1n) is 5.15. The molecule has 21 heavy (non-hydrogen) atoms. The third-order valence-electron chi connectivity index (χ3n) is 2.03. The van der Waals surface area contributed by atoms with E-state index < -0.39 is 15.6 Å². The van der Waals surface area contributed by atoms with Crippen LogP contribution >= 0.6 is 23.1 Å². The molecular formula is C10H9N3O6S2. The summed E-state index contributed by atoms with van der Waals surface area (Å²) in [5, 5.41) is 39.7. The van der Waals surface area contributed by atoms with Gasteiger partial charge in [0.25, 0.3) is 0 Å². The van der Waals surface area contributed by atoms with Crippen molar-refractivity contribution in [1.29, 1.82) is 0 Å². The molecule has 0 fully saturated rings. The topological polar surface area (TPSA) is 140 Å². The fourth-order valence-electron chi connectivity index (χ4n) is 1.11. The van der Waals surface area contributed by atoms with Gasteiger partial charge >= 0.3 is 10.7 Å². The van der Waals surface area contributed by atoms with E-state index in [1.165, 1.54) is 29.3 Å². The number of rotatable bonds is 3. The average molecular weight is 331 g/mol. The van der Waals surface area contributed by atoms with E-state index in [-0.39, 0.29) is 16.4 Å². The van der Waals surface area contributed by atoms with Crippen LogP contribution in [0, 0.1) is 20.2 Å². The third-order valence-corrected chi connectivity index (χ3v) is 3.53. The Balaban J connectivity index is 0.000000219. The highest BCUT2D eigenvalue weighted by atomic mass is 32.2. The number of nitrogens with zero attached hydrogens (tertiary/aromatic N) is 3. The normalized spacial score (nSPS) is 9.57. The zero-order valence-corrected chi connectivity index (χ0v) is 12.1. The number of aromatic hydroxyl groups is 2. The first-order chi connectivity index (χ1) is 9.86. The Kier molecular flexibility index (Phi) is 5.87. The second-order valence-electron chi connectivity index (χ2n) is 3.34. The van der Waals surface area contributed by atoms with Gasteiger partial charge in [0, 0.05) is 5.38 Å². The minimum atomic E-state index is -0.642. The maximum atomic E-state index is 10.3. The maximum absolute atomic E-state index is 10.3. The van der Waals surface area contributed by atoms with Gasteiger partial charge in [0.05, 0.1) is 22.1 Å². The SMILES string of the molecule is CSc1cc([N+](=O)[O-])c(O)cn1.O=[N+]([O-])c1sccc1O. The molecule has 0 amide bonds. The molecule has 0 radical (unpaired) electrons. The predicted octanol–water partition coefficient (Wildman–Crippen LogP) is 2.78. The molecule has 2 aromatic rings. The van der Waals surface area contributed by atoms with Crippen molar-refractivity contribution in [3.63, 3.8) is 0 Å². The second kappa shape index (κ2) is 7.40. The first kappa shape index (κ1) is 16.7. The lowest BCUT2D eigenvalue weighted by molar-refractivity contribution is -0.386. The molecule has 2 aromatic heterocycles. The van der Waals surface area contributed by atoms with Gasteiger partial charge in [-0.1, -0.05) is 11.3 Å². The van der Waals surface area contributed by atoms with Crippen LogP contribution in [0.2, 0.25) is 0 Å². The molecular weight excluding hydrogens is 322 g/mol. The summed E-state index contributed by atoms with van der Waals surface area (Å²) in [7, 11) is 0. The third kappa shape index (κ3) is 4.57. The molecule has 0 aliphatic carbocycles. The van der Waals surface area contributed by atoms with Crippen LogP contribution in [0.15, 0.2) is 28.7 Å². The van der Waals surface area contributed by atoms with Gasteiger partial charge in [0.2, 0.25) is 11.5 Å². The van der Waals surface area contributed by atoms with Crippen molar-refractivity contribution in [3.8, 4) is 11.5 Å². The molecule has 2 N–H and O–H groups in total. The van der Waals surface area contributed by atoms with Crippen molar-refractivity contribution in [3.05, 3.63) is 43.9 Å². The monoisotopic (exact) mass is 331 g/mol. The van der Waals surface area contributed by atoms with Gasteiger partial charge in [-0.2, -0.15) is 0 Å². The van der Waals surface area contributed by atoms with Crippen molar-refractivity contribution in [2.24, 2.45) is 0 Å². The molecule has 9 nitrogen and oxygen atoms in total. The Morgan fingerprint density at radius 2 is 1.90 bits per heavy atom. The van der Waals surface area contributed by atoms with Crippen LogP contribution in [0.1, 0.15) is 0 Å². The van der Waals surface area contributed by atoms with Crippen LogP contribution in [0.5, 0.6) is 11.5 Å². The molecule has 0 saturated heterocycles. The van der Waals surface area contributed by atoms with E-state index in [0.717, 1.165) is 17.5 Å². The van der Waals surface area contributed by atoms with Gasteiger partial charge in [-0.05, 0) is 12.3 Å². The summed E-state index contributed by atoms with van der Waals surface area (Å²) in [6.45, 7) is 0. The van der Waals surface area contributed by atoms with E-state index in [9.17, 15) is 20.2 Å². The summed E-state index contributed by atoms with van der Waals surface area (Å²) in [6, 6.07) is 2.53. The van der Waals surface area contributed by atoms with Gasteiger partial charge in [-0.25, -0.2) is 4.98 Å². The molecule has 0 aromatic carbocycles. The van der Waals surface area contributed by atoms with Crippen molar-refractivity contribution >= 4 is 33.8 Å². The lowest BCUT2D eigenvalue weighted by Crippen LogP contribution is -1.90. The highest BCUT2D eigenvalue weighted by Crippen LogP contribution is 2.31. The van der Waals surface area contributed by atoms with Crippen LogP contribution in [0.3, 0.4) is 0 Å². The van der Waals surface area contributed by atoms with Crippen LogP contribution < -0.4 is 0 Å².